The second-order valence-corrected chi connectivity index (χ2v) is 6.60. The Balaban J connectivity index is 1.53. The summed E-state index contributed by atoms with van der Waals surface area (Å²) in [4.78, 5) is 5.07. The van der Waals surface area contributed by atoms with Crippen molar-refractivity contribution in [2.24, 2.45) is 0 Å². The van der Waals surface area contributed by atoms with Crippen molar-refractivity contribution in [3.05, 3.63) is 77.7 Å². The number of ether oxygens (including phenoxy) is 2. The van der Waals surface area contributed by atoms with Crippen molar-refractivity contribution in [1.29, 1.82) is 0 Å². The van der Waals surface area contributed by atoms with E-state index >= 15 is 0 Å². The fourth-order valence-electron chi connectivity index (χ4n) is 2.77. The number of rotatable bonds is 3. The second-order valence-electron chi connectivity index (χ2n) is 5.52. The van der Waals surface area contributed by atoms with Crippen LogP contribution in [0.1, 0.15) is 28.5 Å². The van der Waals surface area contributed by atoms with Crippen molar-refractivity contribution in [2.45, 2.75) is 18.9 Å². The van der Waals surface area contributed by atoms with E-state index in [1.165, 1.54) is 22.5 Å². The number of aryl methyl sites for hydroxylation is 1. The molecule has 1 radical (unpaired) electrons. The average molecular weight is 322 g/mol. The predicted octanol–water partition coefficient (Wildman–Crippen LogP) is 5.18. The van der Waals surface area contributed by atoms with Gasteiger partial charge in [0.25, 0.3) is 5.19 Å². The molecule has 1 aliphatic heterocycles. The maximum Gasteiger partial charge on any atom is 0.278 e. The minimum Gasteiger partial charge on any atom is -0.485 e. The highest BCUT2D eigenvalue weighted by Crippen LogP contribution is 2.37. The highest BCUT2D eigenvalue weighted by Gasteiger charge is 2.21. The maximum absolute atomic E-state index is 6.15. The molecule has 0 saturated carbocycles. The molecule has 1 atom stereocenters. The Morgan fingerprint density at radius 2 is 2.04 bits per heavy atom. The number of benzene rings is 2. The van der Waals surface area contributed by atoms with Crippen LogP contribution in [-0.4, -0.2) is 4.98 Å². The SMILES string of the molecule is [CH2]c1cnc(Oc2ccc3c(c2)CCC(c2ccccc2)O3)s1. The highest BCUT2D eigenvalue weighted by molar-refractivity contribution is 7.13. The summed E-state index contributed by atoms with van der Waals surface area (Å²) in [5.41, 5.74) is 2.41. The fourth-order valence-corrected chi connectivity index (χ4v) is 3.34. The molecule has 115 valence electrons. The van der Waals surface area contributed by atoms with Gasteiger partial charge in [-0.05, 0) is 49.1 Å². The van der Waals surface area contributed by atoms with E-state index in [2.05, 4.69) is 36.2 Å². The van der Waals surface area contributed by atoms with Gasteiger partial charge in [0.2, 0.25) is 0 Å². The molecule has 0 aliphatic carbocycles. The van der Waals surface area contributed by atoms with Gasteiger partial charge in [-0.15, -0.1) is 0 Å². The third-order valence-corrected chi connectivity index (χ3v) is 4.62. The molecule has 1 unspecified atom stereocenters. The molecular weight excluding hydrogens is 306 g/mol. The number of hydrogen-bond acceptors (Lipinski definition) is 4. The van der Waals surface area contributed by atoms with Crippen molar-refractivity contribution in [2.75, 3.05) is 0 Å². The van der Waals surface area contributed by atoms with Crippen LogP contribution in [0.4, 0.5) is 0 Å². The Kier molecular flexibility index (Phi) is 3.75. The second kappa shape index (κ2) is 6.05. The topological polar surface area (TPSA) is 31.4 Å². The summed E-state index contributed by atoms with van der Waals surface area (Å²) in [5, 5.41) is 0.619. The quantitative estimate of drug-likeness (QED) is 0.665. The Hall–Kier alpha value is -2.33. The maximum atomic E-state index is 6.15. The summed E-state index contributed by atoms with van der Waals surface area (Å²) in [7, 11) is 0. The van der Waals surface area contributed by atoms with E-state index in [1.54, 1.807) is 6.20 Å². The molecule has 2 heterocycles. The van der Waals surface area contributed by atoms with Crippen LogP contribution >= 0.6 is 11.3 Å². The summed E-state index contributed by atoms with van der Waals surface area (Å²) in [6.45, 7) is 3.85. The lowest BCUT2D eigenvalue weighted by atomic mass is 9.97. The van der Waals surface area contributed by atoms with Gasteiger partial charge in [-0.3, -0.25) is 0 Å². The monoisotopic (exact) mass is 322 g/mol. The van der Waals surface area contributed by atoms with Gasteiger partial charge >= 0.3 is 0 Å². The number of aromatic nitrogens is 1. The van der Waals surface area contributed by atoms with Gasteiger partial charge in [0.15, 0.2) is 0 Å². The van der Waals surface area contributed by atoms with Gasteiger partial charge in [0.05, 0.1) is 0 Å². The van der Waals surface area contributed by atoms with Crippen molar-refractivity contribution in [1.82, 2.24) is 4.98 Å². The first-order valence-electron chi connectivity index (χ1n) is 7.58. The number of thiazole rings is 1. The van der Waals surface area contributed by atoms with E-state index < -0.39 is 0 Å². The highest BCUT2D eigenvalue weighted by atomic mass is 32.1. The van der Waals surface area contributed by atoms with Gasteiger partial charge in [-0.25, -0.2) is 4.98 Å². The van der Waals surface area contributed by atoms with Gasteiger partial charge in [0.1, 0.15) is 17.6 Å². The first-order valence-corrected chi connectivity index (χ1v) is 8.40. The molecule has 3 aromatic rings. The first-order chi connectivity index (χ1) is 11.3. The van der Waals surface area contributed by atoms with Crippen molar-refractivity contribution >= 4 is 11.3 Å². The predicted molar refractivity (Wildman–Crippen MR) is 91.2 cm³/mol. The van der Waals surface area contributed by atoms with E-state index in [0.717, 1.165) is 29.2 Å². The van der Waals surface area contributed by atoms with Gasteiger partial charge in [0, 0.05) is 11.1 Å². The van der Waals surface area contributed by atoms with Crippen LogP contribution in [0, 0.1) is 6.92 Å². The molecule has 0 fully saturated rings. The third kappa shape index (κ3) is 3.08. The van der Waals surface area contributed by atoms with Gasteiger partial charge < -0.3 is 9.47 Å². The molecule has 0 spiro atoms. The molecule has 4 heteroatoms. The van der Waals surface area contributed by atoms with Gasteiger partial charge in [-0.1, -0.05) is 41.7 Å². The van der Waals surface area contributed by atoms with Gasteiger partial charge in [-0.2, -0.15) is 0 Å². The zero-order valence-electron chi connectivity index (χ0n) is 12.6. The van der Waals surface area contributed by atoms with Crippen LogP contribution in [0.2, 0.25) is 0 Å². The first kappa shape index (κ1) is 14.3. The Bertz CT molecular complexity index is 813. The zero-order valence-corrected chi connectivity index (χ0v) is 13.4. The van der Waals surface area contributed by atoms with E-state index in [4.69, 9.17) is 9.47 Å². The Labute approximate surface area is 139 Å². The fraction of sp³-hybridized carbons (Fsp3) is 0.158. The third-order valence-electron chi connectivity index (χ3n) is 3.89. The van der Waals surface area contributed by atoms with E-state index in [1.807, 2.05) is 24.3 Å². The standard InChI is InChI=1S/C19H16NO2S/c1-13-12-20-19(23-13)21-16-8-10-18-15(11-16)7-9-17(22-18)14-5-3-2-4-6-14/h2-6,8,10-12,17H,1,7,9H2. The average Bonchev–Trinajstić information content (AvgIpc) is 3.00. The molecule has 2 aromatic carbocycles. The molecular formula is C19H16NO2S. The lowest BCUT2D eigenvalue weighted by Crippen LogP contribution is -2.15. The normalized spacial score (nSPS) is 16.5. The van der Waals surface area contributed by atoms with Crippen LogP contribution in [0.25, 0.3) is 0 Å². The van der Waals surface area contributed by atoms with Crippen molar-refractivity contribution in [3.63, 3.8) is 0 Å². The molecule has 0 bridgehead atoms. The molecule has 4 rings (SSSR count). The molecule has 3 nitrogen and oxygen atoms in total. The van der Waals surface area contributed by atoms with E-state index in [-0.39, 0.29) is 6.10 Å². The van der Waals surface area contributed by atoms with E-state index in [0.29, 0.717) is 5.19 Å². The molecule has 23 heavy (non-hydrogen) atoms. The molecule has 0 saturated heterocycles. The number of nitrogens with zero attached hydrogens (tertiary/aromatic N) is 1. The summed E-state index contributed by atoms with van der Waals surface area (Å²) < 4.78 is 11.9. The summed E-state index contributed by atoms with van der Waals surface area (Å²) in [6, 6.07) is 16.3. The summed E-state index contributed by atoms with van der Waals surface area (Å²) in [6.07, 6.45) is 3.79. The van der Waals surface area contributed by atoms with Crippen LogP contribution in [-0.2, 0) is 6.42 Å². The van der Waals surface area contributed by atoms with E-state index in [9.17, 15) is 0 Å². The summed E-state index contributed by atoms with van der Waals surface area (Å²) >= 11 is 1.44. The summed E-state index contributed by atoms with van der Waals surface area (Å²) in [5.74, 6) is 1.73. The largest absolute Gasteiger partial charge is 0.485 e. The van der Waals surface area contributed by atoms with Crippen molar-refractivity contribution in [3.8, 4) is 16.7 Å². The van der Waals surface area contributed by atoms with Crippen LogP contribution in [0.15, 0.2) is 54.7 Å². The van der Waals surface area contributed by atoms with Crippen LogP contribution in [0.5, 0.6) is 16.7 Å². The van der Waals surface area contributed by atoms with Crippen LogP contribution < -0.4 is 9.47 Å². The lowest BCUT2D eigenvalue weighted by Gasteiger charge is -2.26. The van der Waals surface area contributed by atoms with Crippen LogP contribution in [0.3, 0.4) is 0 Å². The lowest BCUT2D eigenvalue weighted by molar-refractivity contribution is 0.176. The molecule has 1 aromatic heterocycles. The zero-order chi connectivity index (χ0) is 15.6. The Morgan fingerprint density at radius 1 is 1.17 bits per heavy atom. The molecule has 1 aliphatic rings. The number of fused-ring (bicyclic) bond motifs is 1. The number of hydrogen-bond donors (Lipinski definition) is 0. The minimum atomic E-state index is 0.128. The minimum absolute atomic E-state index is 0.128. The smallest absolute Gasteiger partial charge is 0.278 e. The molecule has 0 amide bonds. The Morgan fingerprint density at radius 3 is 2.83 bits per heavy atom. The van der Waals surface area contributed by atoms with Crippen molar-refractivity contribution < 1.29 is 9.47 Å². The molecule has 0 N–H and O–H groups in total.